The molecule has 0 saturated heterocycles. The van der Waals surface area contributed by atoms with Gasteiger partial charge in [0.25, 0.3) is 0 Å². The maximum Gasteiger partial charge on any atom is 0.325 e. The van der Waals surface area contributed by atoms with Gasteiger partial charge in [-0.1, -0.05) is 41.2 Å². The minimum atomic E-state index is -0.346. The molecule has 0 aliphatic heterocycles. The standard InChI is InChI=1S/C18H15N5OS/c1-11-2-4-12(5-3-11)16-22-23-18(25-16)21-17(24)20-14-6-7-15-13(10-14)8-9-19-15/h2-10,19H,1H3,(H2,20,21,23,24). The van der Waals surface area contributed by atoms with E-state index in [4.69, 9.17) is 0 Å². The topological polar surface area (TPSA) is 82.7 Å². The maximum atomic E-state index is 12.2. The molecule has 3 N–H and O–H groups in total. The van der Waals surface area contributed by atoms with Crippen LogP contribution in [0.3, 0.4) is 0 Å². The summed E-state index contributed by atoms with van der Waals surface area (Å²) in [6.07, 6.45) is 1.86. The van der Waals surface area contributed by atoms with E-state index in [9.17, 15) is 4.79 Å². The number of carbonyl (C=O) groups is 1. The minimum absolute atomic E-state index is 0.346. The third-order valence-electron chi connectivity index (χ3n) is 3.76. The van der Waals surface area contributed by atoms with Crippen LogP contribution in [0.4, 0.5) is 15.6 Å². The molecule has 0 bridgehead atoms. The van der Waals surface area contributed by atoms with Crippen molar-refractivity contribution in [2.24, 2.45) is 0 Å². The van der Waals surface area contributed by atoms with Crippen molar-refractivity contribution < 1.29 is 4.79 Å². The number of hydrogen-bond acceptors (Lipinski definition) is 4. The van der Waals surface area contributed by atoms with Crippen molar-refractivity contribution in [1.29, 1.82) is 0 Å². The van der Waals surface area contributed by atoms with Crippen LogP contribution in [-0.4, -0.2) is 21.2 Å². The second-order valence-electron chi connectivity index (χ2n) is 5.64. The lowest BCUT2D eigenvalue weighted by molar-refractivity contribution is 0.262. The van der Waals surface area contributed by atoms with Gasteiger partial charge in [-0.15, -0.1) is 10.2 Å². The number of carbonyl (C=O) groups excluding carboxylic acids is 1. The second kappa shape index (κ2) is 6.37. The second-order valence-corrected chi connectivity index (χ2v) is 6.61. The van der Waals surface area contributed by atoms with Crippen molar-refractivity contribution in [3.05, 3.63) is 60.3 Å². The van der Waals surface area contributed by atoms with Gasteiger partial charge >= 0.3 is 6.03 Å². The van der Waals surface area contributed by atoms with Crippen LogP contribution in [0.25, 0.3) is 21.5 Å². The molecule has 2 aromatic carbocycles. The SMILES string of the molecule is Cc1ccc(-c2nnc(NC(=O)Nc3ccc4[nH]ccc4c3)s2)cc1. The summed E-state index contributed by atoms with van der Waals surface area (Å²) in [6.45, 7) is 2.03. The van der Waals surface area contributed by atoms with Gasteiger partial charge in [0.15, 0.2) is 0 Å². The highest BCUT2D eigenvalue weighted by atomic mass is 32.1. The number of aryl methyl sites for hydroxylation is 1. The summed E-state index contributed by atoms with van der Waals surface area (Å²) in [4.78, 5) is 15.3. The first-order valence-corrected chi connectivity index (χ1v) is 8.55. The lowest BCUT2D eigenvalue weighted by Gasteiger charge is -2.05. The van der Waals surface area contributed by atoms with Gasteiger partial charge in [-0.25, -0.2) is 4.79 Å². The molecule has 2 aromatic heterocycles. The number of amides is 2. The molecule has 0 spiro atoms. The average Bonchev–Trinajstić information content (AvgIpc) is 3.24. The molecule has 25 heavy (non-hydrogen) atoms. The fourth-order valence-corrected chi connectivity index (χ4v) is 3.22. The number of rotatable bonds is 3. The van der Waals surface area contributed by atoms with Crippen LogP contribution >= 0.6 is 11.3 Å². The van der Waals surface area contributed by atoms with Crippen molar-refractivity contribution in [1.82, 2.24) is 15.2 Å². The molecule has 2 heterocycles. The van der Waals surface area contributed by atoms with Crippen molar-refractivity contribution >= 4 is 39.1 Å². The van der Waals surface area contributed by atoms with Crippen LogP contribution in [0.2, 0.25) is 0 Å². The van der Waals surface area contributed by atoms with E-state index >= 15 is 0 Å². The summed E-state index contributed by atoms with van der Waals surface area (Å²) in [6, 6.07) is 15.3. The van der Waals surface area contributed by atoms with E-state index in [1.165, 1.54) is 16.9 Å². The summed E-state index contributed by atoms with van der Waals surface area (Å²) < 4.78 is 0. The molecule has 2 amide bonds. The average molecular weight is 349 g/mol. The maximum absolute atomic E-state index is 12.2. The smallest absolute Gasteiger partial charge is 0.325 e. The van der Waals surface area contributed by atoms with Gasteiger partial charge in [0.2, 0.25) is 5.13 Å². The molecule has 4 rings (SSSR count). The molecule has 0 fully saturated rings. The first-order valence-electron chi connectivity index (χ1n) is 7.73. The van der Waals surface area contributed by atoms with E-state index < -0.39 is 0 Å². The Labute approximate surface area is 147 Å². The van der Waals surface area contributed by atoms with Crippen LogP contribution in [0.15, 0.2) is 54.7 Å². The summed E-state index contributed by atoms with van der Waals surface area (Å²) in [5.41, 5.74) is 3.91. The number of H-pyrrole nitrogens is 1. The van der Waals surface area contributed by atoms with Gasteiger partial charge in [0.1, 0.15) is 5.01 Å². The van der Waals surface area contributed by atoms with Gasteiger partial charge in [-0.05, 0) is 31.2 Å². The molecule has 124 valence electrons. The molecular weight excluding hydrogens is 334 g/mol. The molecule has 7 heteroatoms. The van der Waals surface area contributed by atoms with E-state index in [2.05, 4.69) is 25.8 Å². The number of benzene rings is 2. The Morgan fingerprint density at radius 3 is 2.72 bits per heavy atom. The number of fused-ring (bicyclic) bond motifs is 1. The van der Waals surface area contributed by atoms with E-state index in [-0.39, 0.29) is 6.03 Å². The highest BCUT2D eigenvalue weighted by molar-refractivity contribution is 7.18. The number of anilines is 2. The van der Waals surface area contributed by atoms with E-state index in [0.717, 1.165) is 21.5 Å². The van der Waals surface area contributed by atoms with Crippen LogP contribution in [-0.2, 0) is 0 Å². The van der Waals surface area contributed by atoms with Crippen molar-refractivity contribution in [2.75, 3.05) is 10.6 Å². The highest BCUT2D eigenvalue weighted by Crippen LogP contribution is 2.26. The number of nitrogens with one attached hydrogen (secondary N) is 3. The number of urea groups is 1. The molecule has 0 atom stereocenters. The zero-order chi connectivity index (χ0) is 17.2. The highest BCUT2D eigenvalue weighted by Gasteiger charge is 2.10. The first-order chi connectivity index (χ1) is 12.2. The Morgan fingerprint density at radius 2 is 1.88 bits per heavy atom. The fraction of sp³-hybridized carbons (Fsp3) is 0.0556. The molecule has 0 radical (unpaired) electrons. The van der Waals surface area contributed by atoms with Crippen LogP contribution in [0, 0.1) is 6.92 Å². The largest absolute Gasteiger partial charge is 0.361 e. The molecule has 0 aliphatic carbocycles. The normalized spacial score (nSPS) is 10.8. The van der Waals surface area contributed by atoms with Gasteiger partial charge in [-0.3, -0.25) is 5.32 Å². The summed E-state index contributed by atoms with van der Waals surface area (Å²) in [5, 5.41) is 15.9. The number of hydrogen-bond donors (Lipinski definition) is 3. The van der Waals surface area contributed by atoms with Crippen LogP contribution in [0.5, 0.6) is 0 Å². The van der Waals surface area contributed by atoms with Crippen molar-refractivity contribution in [2.45, 2.75) is 6.92 Å². The van der Waals surface area contributed by atoms with Crippen molar-refractivity contribution in [3.8, 4) is 10.6 Å². The number of aromatic nitrogens is 3. The van der Waals surface area contributed by atoms with E-state index in [0.29, 0.717) is 10.8 Å². The van der Waals surface area contributed by atoms with Gasteiger partial charge in [0.05, 0.1) is 0 Å². The Balaban J connectivity index is 1.44. The Kier molecular flexibility index (Phi) is 3.91. The summed E-state index contributed by atoms with van der Waals surface area (Å²) in [7, 11) is 0. The zero-order valence-electron chi connectivity index (χ0n) is 13.4. The quantitative estimate of drug-likeness (QED) is 0.504. The molecule has 0 saturated carbocycles. The lowest BCUT2D eigenvalue weighted by atomic mass is 10.2. The third-order valence-corrected chi connectivity index (χ3v) is 4.64. The Bertz CT molecular complexity index is 1040. The van der Waals surface area contributed by atoms with Crippen LogP contribution in [0.1, 0.15) is 5.56 Å². The van der Waals surface area contributed by atoms with Gasteiger partial charge < -0.3 is 10.3 Å². The fourth-order valence-electron chi connectivity index (χ4n) is 2.48. The molecular formula is C18H15N5OS. The van der Waals surface area contributed by atoms with Crippen molar-refractivity contribution in [3.63, 3.8) is 0 Å². The monoisotopic (exact) mass is 349 g/mol. The Hall–Kier alpha value is -3.19. The minimum Gasteiger partial charge on any atom is -0.361 e. The van der Waals surface area contributed by atoms with Gasteiger partial charge in [-0.2, -0.15) is 0 Å². The van der Waals surface area contributed by atoms with Crippen LogP contribution < -0.4 is 10.6 Å². The zero-order valence-corrected chi connectivity index (χ0v) is 14.2. The third kappa shape index (κ3) is 3.36. The predicted octanol–water partition coefficient (Wildman–Crippen LogP) is 4.64. The summed E-state index contributed by atoms with van der Waals surface area (Å²) in [5.74, 6) is 0. The molecule has 4 aromatic rings. The first kappa shape index (κ1) is 15.3. The summed E-state index contributed by atoms with van der Waals surface area (Å²) >= 11 is 1.34. The molecule has 0 unspecified atom stereocenters. The molecule has 6 nitrogen and oxygen atoms in total. The van der Waals surface area contributed by atoms with E-state index in [1.807, 2.05) is 61.7 Å². The number of nitrogens with zero attached hydrogens (tertiary/aromatic N) is 2. The van der Waals surface area contributed by atoms with Gasteiger partial charge in [0, 0.05) is 28.4 Å². The Morgan fingerprint density at radius 1 is 1.04 bits per heavy atom. The van der Waals surface area contributed by atoms with E-state index in [1.54, 1.807) is 0 Å². The lowest BCUT2D eigenvalue weighted by Crippen LogP contribution is -2.19. The molecule has 0 aliphatic rings. The predicted molar refractivity (Wildman–Crippen MR) is 101 cm³/mol. The number of aromatic amines is 1.